The van der Waals surface area contributed by atoms with E-state index in [1.165, 1.54) is 43.3 Å². The molecule has 0 saturated carbocycles. The molecule has 9 N–H and O–H groups in total. The predicted molar refractivity (Wildman–Crippen MR) is 141 cm³/mol. The summed E-state index contributed by atoms with van der Waals surface area (Å²) in [7, 11) is 0. The molecule has 2 aliphatic heterocycles. The normalized spacial score (nSPS) is 33.5. The Labute approximate surface area is 238 Å². The van der Waals surface area contributed by atoms with Crippen LogP contribution in [0.3, 0.4) is 0 Å². The number of aliphatic hydroxyl groups excluding tert-OH is 6. The third-order valence-electron chi connectivity index (χ3n) is 7.49. The molecule has 0 bridgehead atoms. The molecule has 2 aromatic carbocycles. The van der Waals surface area contributed by atoms with Crippen LogP contribution in [0.5, 0.6) is 23.0 Å². The summed E-state index contributed by atoms with van der Waals surface area (Å²) in [6.07, 6.45) is -13.0. The number of hydrogen-bond donors (Lipinski definition) is 9. The SMILES string of the molecule is C[C@H]1[C@H](O[C@H]2[C@H](Oc3cc4c(O)cc(O)cc4[o+]c3-c3ccc(O)cc3)O[C@H](CO)[C@@H](O)[C@@H]2O)O[C@H](CO)[C@@H](O)[C@@H]1O. The summed E-state index contributed by atoms with van der Waals surface area (Å²) in [6.45, 7) is 0.164. The molecule has 2 fully saturated rings. The van der Waals surface area contributed by atoms with Gasteiger partial charge in [-0.15, -0.1) is 0 Å². The summed E-state index contributed by atoms with van der Waals surface area (Å²) < 4.78 is 29.5. The molecule has 0 aliphatic carbocycles. The molecule has 2 saturated heterocycles. The zero-order chi connectivity index (χ0) is 30.3. The maximum Gasteiger partial charge on any atom is 0.402 e. The first-order valence-electron chi connectivity index (χ1n) is 13.2. The number of aliphatic hydroxyl groups is 6. The Kier molecular flexibility index (Phi) is 8.71. The Balaban J connectivity index is 1.55. The largest absolute Gasteiger partial charge is 0.508 e. The van der Waals surface area contributed by atoms with E-state index in [1.54, 1.807) is 0 Å². The fourth-order valence-corrected chi connectivity index (χ4v) is 5.04. The number of benzene rings is 2. The number of phenolic OH excluding ortho intramolecular Hbond substituents is 3. The van der Waals surface area contributed by atoms with E-state index in [0.29, 0.717) is 5.56 Å². The van der Waals surface area contributed by atoms with Gasteiger partial charge in [-0.1, -0.05) is 6.92 Å². The fourth-order valence-electron chi connectivity index (χ4n) is 5.04. The first-order chi connectivity index (χ1) is 20.0. The maximum absolute atomic E-state index is 11.0. The molecule has 0 amide bonds. The van der Waals surface area contributed by atoms with Crippen LogP contribution >= 0.6 is 0 Å². The minimum atomic E-state index is -1.71. The fraction of sp³-hybridized carbons (Fsp3) is 0.464. The van der Waals surface area contributed by atoms with Gasteiger partial charge in [-0.3, -0.25) is 0 Å². The number of ether oxygens (including phenoxy) is 4. The van der Waals surface area contributed by atoms with Gasteiger partial charge in [0.1, 0.15) is 53.2 Å². The van der Waals surface area contributed by atoms with Gasteiger partial charge in [-0.05, 0) is 24.3 Å². The summed E-state index contributed by atoms with van der Waals surface area (Å²) in [5.41, 5.74) is 0.475. The summed E-state index contributed by atoms with van der Waals surface area (Å²) in [6, 6.07) is 9.55. The van der Waals surface area contributed by atoms with Crippen LogP contribution < -0.4 is 4.74 Å². The maximum atomic E-state index is 11.0. The molecule has 228 valence electrons. The molecule has 0 spiro atoms. The number of rotatable bonds is 7. The van der Waals surface area contributed by atoms with E-state index in [0.717, 1.165) is 6.07 Å². The third kappa shape index (κ3) is 5.68. The highest BCUT2D eigenvalue weighted by Gasteiger charge is 2.51. The smallest absolute Gasteiger partial charge is 0.402 e. The van der Waals surface area contributed by atoms with Crippen LogP contribution in [0.4, 0.5) is 0 Å². The van der Waals surface area contributed by atoms with Gasteiger partial charge in [0.15, 0.2) is 12.4 Å². The van der Waals surface area contributed by atoms with Gasteiger partial charge < -0.3 is 64.9 Å². The topological polar surface area (TPSA) is 230 Å². The van der Waals surface area contributed by atoms with E-state index in [-0.39, 0.29) is 39.7 Å². The lowest BCUT2D eigenvalue weighted by Crippen LogP contribution is -2.63. The van der Waals surface area contributed by atoms with Gasteiger partial charge in [0.05, 0.1) is 30.9 Å². The van der Waals surface area contributed by atoms with Crippen molar-refractivity contribution in [2.75, 3.05) is 13.2 Å². The van der Waals surface area contributed by atoms with Gasteiger partial charge in [-0.2, -0.15) is 0 Å². The lowest BCUT2D eigenvalue weighted by molar-refractivity contribution is -0.349. The standard InChI is InChI=1S/C28H32O14/c1-11-21(34)22(35)19(9-29)40-27(11)42-26-24(37)23(36)20(10-30)41-28(26)39-18-8-15-16(33)6-14(32)7-17(15)38-25(18)12-2-4-13(31)5-3-12/h2-8,11,19-24,26-30,34-37H,9-10H2,1H3,(H2-,31,32,33)/p+1/t11-,19-,20-,21-,22-,23-,24+,26-,27+,28-/m1/s1. The molecule has 42 heavy (non-hydrogen) atoms. The van der Waals surface area contributed by atoms with Crippen LogP contribution in [0, 0.1) is 5.92 Å². The zero-order valence-electron chi connectivity index (χ0n) is 22.3. The molecule has 14 heteroatoms. The van der Waals surface area contributed by atoms with E-state index in [9.17, 15) is 46.0 Å². The van der Waals surface area contributed by atoms with Crippen LogP contribution in [-0.4, -0.2) is 114 Å². The van der Waals surface area contributed by atoms with Crippen molar-refractivity contribution in [3.63, 3.8) is 0 Å². The van der Waals surface area contributed by atoms with Crippen LogP contribution in [0.15, 0.2) is 46.9 Å². The van der Waals surface area contributed by atoms with E-state index < -0.39 is 74.4 Å². The van der Waals surface area contributed by atoms with Crippen LogP contribution in [0.2, 0.25) is 0 Å². The van der Waals surface area contributed by atoms with Gasteiger partial charge in [-0.25, -0.2) is 4.42 Å². The number of fused-ring (bicyclic) bond motifs is 1. The van der Waals surface area contributed by atoms with Gasteiger partial charge >= 0.3 is 11.3 Å². The van der Waals surface area contributed by atoms with Crippen LogP contribution in [0.25, 0.3) is 22.3 Å². The number of phenols is 3. The number of hydrogen-bond acceptors (Lipinski definition) is 13. The van der Waals surface area contributed by atoms with Crippen molar-refractivity contribution < 1.29 is 69.3 Å². The highest BCUT2D eigenvalue weighted by atomic mass is 16.8. The van der Waals surface area contributed by atoms with Crippen molar-refractivity contribution in [3.05, 3.63) is 42.5 Å². The minimum Gasteiger partial charge on any atom is -0.508 e. The molecule has 3 aromatic rings. The van der Waals surface area contributed by atoms with Crippen molar-refractivity contribution in [1.29, 1.82) is 0 Å². The van der Waals surface area contributed by atoms with E-state index >= 15 is 0 Å². The van der Waals surface area contributed by atoms with E-state index in [4.69, 9.17) is 23.4 Å². The average Bonchev–Trinajstić information content (AvgIpc) is 2.97. The molecular formula is C28H33O14+. The Hall–Kier alpha value is -3.31. The van der Waals surface area contributed by atoms with E-state index in [1.807, 2.05) is 0 Å². The second-order valence-electron chi connectivity index (χ2n) is 10.4. The molecule has 0 radical (unpaired) electrons. The summed E-state index contributed by atoms with van der Waals surface area (Å²) in [5, 5.41) is 92.1. The number of aromatic hydroxyl groups is 3. The zero-order valence-corrected chi connectivity index (χ0v) is 22.3. The lowest BCUT2D eigenvalue weighted by Gasteiger charge is -2.46. The monoisotopic (exact) mass is 593 g/mol. The van der Waals surface area contributed by atoms with Gasteiger partial charge in [0.2, 0.25) is 12.0 Å². The van der Waals surface area contributed by atoms with E-state index in [2.05, 4.69) is 0 Å². The molecule has 5 rings (SSSR count). The lowest BCUT2D eigenvalue weighted by atomic mass is 9.92. The molecular weight excluding hydrogens is 560 g/mol. The Bertz CT molecular complexity index is 1380. The van der Waals surface area contributed by atoms with Crippen molar-refractivity contribution in [3.8, 4) is 34.3 Å². The first-order valence-corrected chi connectivity index (χ1v) is 13.2. The average molecular weight is 594 g/mol. The molecule has 1 aromatic heterocycles. The molecule has 2 aliphatic rings. The first kappa shape index (κ1) is 30.2. The highest BCUT2D eigenvalue weighted by Crippen LogP contribution is 2.41. The predicted octanol–water partition coefficient (Wildman–Crippen LogP) is -0.224. The van der Waals surface area contributed by atoms with Gasteiger partial charge in [0.25, 0.3) is 0 Å². The Morgan fingerprint density at radius 1 is 0.762 bits per heavy atom. The van der Waals surface area contributed by atoms with Crippen LogP contribution in [0.1, 0.15) is 6.92 Å². The van der Waals surface area contributed by atoms with Crippen molar-refractivity contribution in [1.82, 2.24) is 0 Å². The molecule has 14 nitrogen and oxygen atoms in total. The van der Waals surface area contributed by atoms with Gasteiger partial charge in [0, 0.05) is 18.1 Å². The summed E-state index contributed by atoms with van der Waals surface area (Å²) in [4.78, 5) is 0. The second kappa shape index (κ2) is 12.1. The van der Waals surface area contributed by atoms with Crippen LogP contribution in [-0.2, 0) is 14.2 Å². The summed E-state index contributed by atoms with van der Waals surface area (Å²) >= 11 is 0. The van der Waals surface area contributed by atoms with Crippen molar-refractivity contribution >= 4 is 11.0 Å². The molecule has 3 heterocycles. The minimum absolute atomic E-state index is 0.0284. The molecule has 10 atom stereocenters. The molecule has 0 unspecified atom stereocenters. The quantitative estimate of drug-likeness (QED) is 0.161. The Morgan fingerprint density at radius 3 is 2.02 bits per heavy atom. The summed E-state index contributed by atoms with van der Waals surface area (Å²) in [5.74, 6) is -1.51. The second-order valence-corrected chi connectivity index (χ2v) is 10.4. The third-order valence-corrected chi connectivity index (χ3v) is 7.49. The van der Waals surface area contributed by atoms with Crippen molar-refractivity contribution in [2.24, 2.45) is 5.92 Å². The Morgan fingerprint density at radius 2 is 1.38 bits per heavy atom. The highest BCUT2D eigenvalue weighted by molar-refractivity contribution is 5.88. The van der Waals surface area contributed by atoms with Crippen molar-refractivity contribution in [2.45, 2.75) is 62.2 Å².